The van der Waals surface area contributed by atoms with E-state index in [2.05, 4.69) is 38.7 Å². The minimum Gasteiger partial charge on any atom is -0.399 e. The normalized spacial score (nSPS) is 17.8. The maximum absolute atomic E-state index is 7.32. The smallest absolute Gasteiger partial charge is 0.0489 e. The van der Waals surface area contributed by atoms with Gasteiger partial charge >= 0.3 is 0 Å². The summed E-state index contributed by atoms with van der Waals surface area (Å²) in [7, 11) is 0. The molecule has 1 rings (SSSR count). The van der Waals surface area contributed by atoms with Crippen LogP contribution in [-0.4, -0.2) is 6.21 Å². The van der Waals surface area contributed by atoms with Crippen molar-refractivity contribution < 1.29 is 0 Å². The largest absolute Gasteiger partial charge is 0.399 e. The number of nitrogens with two attached hydrogens (primary N) is 1. The Labute approximate surface area is 110 Å². The van der Waals surface area contributed by atoms with Gasteiger partial charge in [-0.2, -0.15) is 0 Å². The van der Waals surface area contributed by atoms with Crippen molar-refractivity contribution in [3.05, 3.63) is 47.5 Å². The molecule has 0 unspecified atom stereocenters. The predicted octanol–water partition coefficient (Wildman–Crippen LogP) is 3.23. The third-order valence-electron chi connectivity index (χ3n) is 2.82. The second-order valence-electron chi connectivity index (χ2n) is 5.75. The monoisotopic (exact) mass is 245 g/mol. The van der Waals surface area contributed by atoms with Gasteiger partial charge in [-0.3, -0.25) is 0 Å². The van der Waals surface area contributed by atoms with Gasteiger partial charge in [0.2, 0.25) is 0 Å². The average Bonchev–Trinajstić information content (AvgIpc) is 2.27. The second-order valence-corrected chi connectivity index (χ2v) is 5.75. The molecule has 0 aromatic heterocycles. The Morgan fingerprint density at radius 3 is 2.50 bits per heavy atom. The quantitative estimate of drug-likeness (QED) is 0.666. The first-order valence-corrected chi connectivity index (χ1v) is 6.16. The van der Waals surface area contributed by atoms with Crippen molar-refractivity contribution in [1.82, 2.24) is 5.32 Å². The molecule has 0 fully saturated rings. The van der Waals surface area contributed by atoms with Crippen LogP contribution in [0.5, 0.6) is 0 Å². The van der Waals surface area contributed by atoms with Crippen molar-refractivity contribution in [2.24, 2.45) is 11.1 Å². The molecule has 1 heterocycles. The van der Waals surface area contributed by atoms with E-state index in [0.717, 1.165) is 18.5 Å². The summed E-state index contributed by atoms with van der Waals surface area (Å²) in [5.41, 5.74) is 9.11. The van der Waals surface area contributed by atoms with E-state index in [9.17, 15) is 0 Å². The second kappa shape index (κ2) is 5.71. The molecule has 0 saturated heterocycles. The van der Waals surface area contributed by atoms with Gasteiger partial charge in [-0.05, 0) is 29.9 Å². The summed E-state index contributed by atoms with van der Waals surface area (Å²) in [6.45, 7) is 10.4. The summed E-state index contributed by atoms with van der Waals surface area (Å²) >= 11 is 0. The van der Waals surface area contributed by atoms with Crippen LogP contribution in [0.2, 0.25) is 0 Å². The van der Waals surface area contributed by atoms with Crippen molar-refractivity contribution in [1.29, 1.82) is 5.41 Å². The lowest BCUT2D eigenvalue weighted by Crippen LogP contribution is -2.15. The van der Waals surface area contributed by atoms with Gasteiger partial charge in [0.1, 0.15) is 0 Å². The van der Waals surface area contributed by atoms with Gasteiger partial charge in [-0.15, -0.1) is 0 Å². The standard InChI is InChI=1S/C15H23N3/c1-11(17)13(9-16)14-6-5-12(10-18-14)7-8-15(2,3)4/h5-6,9-10,16,18H,1,7-8,17H2,2-4H3/b14-13+,16-9?. The van der Waals surface area contributed by atoms with Gasteiger partial charge in [0.25, 0.3) is 0 Å². The van der Waals surface area contributed by atoms with E-state index < -0.39 is 0 Å². The van der Waals surface area contributed by atoms with Gasteiger partial charge < -0.3 is 16.5 Å². The maximum Gasteiger partial charge on any atom is 0.0489 e. The zero-order valence-electron chi connectivity index (χ0n) is 11.5. The summed E-state index contributed by atoms with van der Waals surface area (Å²) in [6.07, 6.45) is 9.42. The number of hydrogen-bond acceptors (Lipinski definition) is 3. The molecular formula is C15H23N3. The molecule has 0 radical (unpaired) electrons. The van der Waals surface area contributed by atoms with Crippen LogP contribution in [0.4, 0.5) is 0 Å². The summed E-state index contributed by atoms with van der Waals surface area (Å²) in [5, 5.41) is 10.5. The van der Waals surface area contributed by atoms with Crippen LogP contribution in [0.3, 0.4) is 0 Å². The molecule has 3 nitrogen and oxygen atoms in total. The van der Waals surface area contributed by atoms with Crippen molar-refractivity contribution in [2.45, 2.75) is 33.6 Å². The molecule has 1 aliphatic heterocycles. The molecular weight excluding hydrogens is 222 g/mol. The van der Waals surface area contributed by atoms with Crippen LogP contribution in [0.1, 0.15) is 33.6 Å². The van der Waals surface area contributed by atoms with E-state index >= 15 is 0 Å². The Morgan fingerprint density at radius 2 is 2.11 bits per heavy atom. The number of nitrogens with one attached hydrogen (secondary N) is 2. The van der Waals surface area contributed by atoms with Gasteiger partial charge in [-0.25, -0.2) is 0 Å². The summed E-state index contributed by atoms with van der Waals surface area (Å²) < 4.78 is 0. The first-order valence-electron chi connectivity index (χ1n) is 6.16. The van der Waals surface area contributed by atoms with Crippen LogP contribution < -0.4 is 11.1 Å². The molecule has 0 atom stereocenters. The number of rotatable bonds is 4. The molecule has 3 heteroatoms. The van der Waals surface area contributed by atoms with Crippen LogP contribution in [0, 0.1) is 10.8 Å². The van der Waals surface area contributed by atoms with Gasteiger partial charge in [0, 0.05) is 29.4 Å². The van der Waals surface area contributed by atoms with Gasteiger partial charge in [-0.1, -0.05) is 33.4 Å². The number of hydrogen-bond donors (Lipinski definition) is 3. The Balaban J connectivity index is 2.70. The summed E-state index contributed by atoms with van der Waals surface area (Å²) in [4.78, 5) is 0. The third-order valence-corrected chi connectivity index (χ3v) is 2.82. The highest BCUT2D eigenvalue weighted by Crippen LogP contribution is 2.25. The highest BCUT2D eigenvalue weighted by Gasteiger charge is 2.12. The molecule has 0 amide bonds. The third kappa shape index (κ3) is 4.24. The molecule has 0 spiro atoms. The summed E-state index contributed by atoms with van der Waals surface area (Å²) in [6, 6.07) is 0. The van der Waals surface area contributed by atoms with Gasteiger partial charge in [0.05, 0.1) is 0 Å². The zero-order chi connectivity index (χ0) is 13.8. The molecule has 1 aliphatic rings. The van der Waals surface area contributed by atoms with E-state index in [4.69, 9.17) is 11.1 Å². The Bertz CT molecular complexity index is 431. The predicted molar refractivity (Wildman–Crippen MR) is 78.2 cm³/mol. The Hall–Kier alpha value is -1.77. The molecule has 0 saturated carbocycles. The van der Waals surface area contributed by atoms with Crippen molar-refractivity contribution in [3.63, 3.8) is 0 Å². The zero-order valence-corrected chi connectivity index (χ0v) is 11.5. The minimum absolute atomic E-state index is 0.344. The molecule has 4 N–H and O–H groups in total. The molecule has 0 aromatic carbocycles. The van der Waals surface area contributed by atoms with Crippen LogP contribution in [-0.2, 0) is 0 Å². The van der Waals surface area contributed by atoms with Crippen molar-refractivity contribution >= 4 is 6.21 Å². The fourth-order valence-corrected chi connectivity index (χ4v) is 1.64. The Kier molecular flexibility index (Phi) is 4.54. The lowest BCUT2D eigenvalue weighted by atomic mass is 9.88. The molecule has 0 bridgehead atoms. The molecule has 18 heavy (non-hydrogen) atoms. The first kappa shape index (κ1) is 14.3. The highest BCUT2D eigenvalue weighted by molar-refractivity contribution is 5.83. The van der Waals surface area contributed by atoms with E-state index in [1.807, 2.05) is 12.3 Å². The fraction of sp³-hybridized carbons (Fsp3) is 0.400. The summed E-state index contributed by atoms with van der Waals surface area (Å²) in [5.74, 6) is 0. The maximum atomic E-state index is 7.32. The van der Waals surface area contributed by atoms with Crippen molar-refractivity contribution in [2.75, 3.05) is 0 Å². The number of allylic oxidation sites excluding steroid dienone is 4. The minimum atomic E-state index is 0.344. The van der Waals surface area contributed by atoms with E-state index in [1.54, 1.807) is 0 Å². The number of dihydropyridines is 1. The Morgan fingerprint density at radius 1 is 1.44 bits per heavy atom. The van der Waals surface area contributed by atoms with Crippen LogP contribution in [0.15, 0.2) is 47.5 Å². The van der Waals surface area contributed by atoms with E-state index in [0.29, 0.717) is 16.7 Å². The van der Waals surface area contributed by atoms with Crippen molar-refractivity contribution in [3.8, 4) is 0 Å². The lowest BCUT2D eigenvalue weighted by Gasteiger charge is -2.20. The van der Waals surface area contributed by atoms with E-state index in [-0.39, 0.29) is 0 Å². The molecule has 0 aromatic rings. The lowest BCUT2D eigenvalue weighted by molar-refractivity contribution is 0.378. The van der Waals surface area contributed by atoms with Gasteiger partial charge in [0.15, 0.2) is 0 Å². The SMILES string of the molecule is C=C(N)/C(C=N)=C1\C=CC(CCC(C)(C)C)=CN1. The first-order chi connectivity index (χ1) is 8.33. The van der Waals surface area contributed by atoms with Crippen LogP contribution in [0.25, 0.3) is 0 Å². The fourth-order valence-electron chi connectivity index (χ4n) is 1.64. The highest BCUT2D eigenvalue weighted by atomic mass is 14.9. The molecule has 0 aliphatic carbocycles. The topological polar surface area (TPSA) is 61.9 Å². The average molecular weight is 245 g/mol. The van der Waals surface area contributed by atoms with Crippen LogP contribution >= 0.6 is 0 Å². The van der Waals surface area contributed by atoms with E-state index in [1.165, 1.54) is 11.8 Å². The molecule has 98 valence electrons.